The molecule has 2 aromatic heterocycles. The first-order chi connectivity index (χ1) is 8.49. The molecule has 0 fully saturated rings. The van der Waals surface area contributed by atoms with Gasteiger partial charge in [0.15, 0.2) is 11.5 Å². The maximum Gasteiger partial charge on any atom is 0.405 e. The third kappa shape index (κ3) is 2.83. The number of aliphatic hydroxyl groups is 1. The van der Waals surface area contributed by atoms with E-state index in [2.05, 4.69) is 20.6 Å². The van der Waals surface area contributed by atoms with E-state index in [4.69, 9.17) is 5.11 Å². The molecular formula is C8H9F3N6O. The molecule has 0 unspecified atom stereocenters. The third-order valence-corrected chi connectivity index (χ3v) is 2.12. The van der Waals surface area contributed by atoms with Crippen LogP contribution in [0.5, 0.6) is 0 Å². The van der Waals surface area contributed by atoms with Crippen molar-refractivity contribution in [2.24, 2.45) is 0 Å². The summed E-state index contributed by atoms with van der Waals surface area (Å²) in [5.74, 6) is 0.0428. The second-order valence-corrected chi connectivity index (χ2v) is 3.48. The quantitative estimate of drug-likeness (QED) is 0.827. The van der Waals surface area contributed by atoms with Gasteiger partial charge in [-0.3, -0.25) is 0 Å². The molecular weight excluding hydrogens is 253 g/mol. The predicted octanol–water partition coefficient (Wildman–Crippen LogP) is -0.120. The molecule has 0 saturated heterocycles. The van der Waals surface area contributed by atoms with Gasteiger partial charge in [-0.25, -0.2) is 0 Å². The number of anilines is 1. The fourth-order valence-electron chi connectivity index (χ4n) is 1.42. The lowest BCUT2D eigenvalue weighted by Gasteiger charge is -2.23. The van der Waals surface area contributed by atoms with Crippen LogP contribution in [0.2, 0.25) is 0 Å². The Bertz CT molecular complexity index is 527. The highest BCUT2D eigenvalue weighted by Gasteiger charge is 2.31. The fourth-order valence-corrected chi connectivity index (χ4v) is 1.42. The third-order valence-electron chi connectivity index (χ3n) is 2.12. The lowest BCUT2D eigenvalue weighted by Crippen LogP contribution is -2.37. The molecule has 2 rings (SSSR count). The second kappa shape index (κ2) is 4.72. The van der Waals surface area contributed by atoms with E-state index in [0.29, 0.717) is 5.65 Å². The van der Waals surface area contributed by atoms with Crippen LogP contribution in [0.3, 0.4) is 0 Å². The highest BCUT2D eigenvalue weighted by Crippen LogP contribution is 2.20. The van der Waals surface area contributed by atoms with E-state index in [0.717, 1.165) is 9.53 Å². The van der Waals surface area contributed by atoms with E-state index in [9.17, 15) is 13.2 Å². The minimum Gasteiger partial charge on any atom is -0.395 e. The van der Waals surface area contributed by atoms with Crippen LogP contribution in [0.15, 0.2) is 12.1 Å². The van der Waals surface area contributed by atoms with Crippen molar-refractivity contribution in [3.63, 3.8) is 0 Å². The van der Waals surface area contributed by atoms with Gasteiger partial charge in [0.25, 0.3) is 0 Å². The van der Waals surface area contributed by atoms with Crippen molar-refractivity contribution in [2.75, 3.05) is 24.6 Å². The summed E-state index contributed by atoms with van der Waals surface area (Å²) < 4.78 is 38.1. The summed E-state index contributed by atoms with van der Waals surface area (Å²) in [6.45, 7) is -1.79. The number of hydrogen-bond acceptors (Lipinski definition) is 6. The summed E-state index contributed by atoms with van der Waals surface area (Å²) >= 11 is 0. The summed E-state index contributed by atoms with van der Waals surface area (Å²) in [6, 6.07) is 2.82. The van der Waals surface area contributed by atoms with Gasteiger partial charge in [0.1, 0.15) is 6.54 Å². The molecule has 0 saturated carbocycles. The van der Waals surface area contributed by atoms with Gasteiger partial charge in [-0.15, -0.1) is 14.8 Å². The second-order valence-electron chi connectivity index (χ2n) is 3.48. The molecule has 0 aliphatic carbocycles. The summed E-state index contributed by atoms with van der Waals surface area (Å²) in [5, 5.41) is 23.0. The predicted molar refractivity (Wildman–Crippen MR) is 53.9 cm³/mol. The van der Waals surface area contributed by atoms with Gasteiger partial charge < -0.3 is 10.0 Å². The first-order valence-electron chi connectivity index (χ1n) is 4.97. The average molecular weight is 262 g/mol. The lowest BCUT2D eigenvalue weighted by atomic mass is 10.4. The molecule has 0 aliphatic heterocycles. The standard InChI is InChI=1S/C8H9F3N6O/c9-8(10,11)5-16(3-4-18)7-2-1-6-12-14-15-17(6)13-7/h1-2,18H,3-5H2. The molecule has 2 aromatic rings. The van der Waals surface area contributed by atoms with Gasteiger partial charge >= 0.3 is 6.18 Å². The number of aromatic nitrogens is 5. The minimum absolute atomic E-state index is 0.0428. The number of fused-ring (bicyclic) bond motifs is 1. The Morgan fingerprint density at radius 2 is 2.11 bits per heavy atom. The van der Waals surface area contributed by atoms with E-state index >= 15 is 0 Å². The fraction of sp³-hybridized carbons (Fsp3) is 0.500. The molecule has 0 spiro atoms. The molecule has 18 heavy (non-hydrogen) atoms. The Hall–Kier alpha value is -1.97. The minimum atomic E-state index is -4.38. The number of halogens is 3. The van der Waals surface area contributed by atoms with Crippen LogP contribution in [-0.4, -0.2) is 56.2 Å². The first-order valence-corrected chi connectivity index (χ1v) is 4.97. The Labute approximate surface area is 98.8 Å². The molecule has 1 N–H and O–H groups in total. The highest BCUT2D eigenvalue weighted by atomic mass is 19.4. The number of nitrogens with zero attached hydrogens (tertiary/aromatic N) is 6. The van der Waals surface area contributed by atoms with Crippen molar-refractivity contribution in [1.29, 1.82) is 0 Å². The highest BCUT2D eigenvalue weighted by molar-refractivity contribution is 5.44. The smallest absolute Gasteiger partial charge is 0.395 e. The Kier molecular flexibility index (Phi) is 3.28. The summed E-state index contributed by atoms with van der Waals surface area (Å²) in [4.78, 5) is 0.904. The van der Waals surface area contributed by atoms with Crippen LogP contribution in [0, 0.1) is 0 Å². The van der Waals surface area contributed by atoms with Gasteiger partial charge in [-0.1, -0.05) is 0 Å². The normalized spacial score (nSPS) is 12.0. The maximum absolute atomic E-state index is 12.4. The largest absolute Gasteiger partial charge is 0.405 e. The van der Waals surface area contributed by atoms with Gasteiger partial charge in [0, 0.05) is 6.54 Å². The summed E-state index contributed by atoms with van der Waals surface area (Å²) in [6.07, 6.45) is -4.38. The molecule has 0 aliphatic rings. The van der Waals surface area contributed by atoms with Crippen molar-refractivity contribution in [2.45, 2.75) is 6.18 Å². The molecule has 98 valence electrons. The van der Waals surface area contributed by atoms with E-state index in [1.165, 1.54) is 12.1 Å². The first kappa shape index (κ1) is 12.5. The lowest BCUT2D eigenvalue weighted by molar-refractivity contribution is -0.120. The molecule has 0 bridgehead atoms. The molecule has 0 amide bonds. The summed E-state index contributed by atoms with van der Waals surface area (Å²) in [5.41, 5.74) is 0.328. The Morgan fingerprint density at radius 3 is 2.78 bits per heavy atom. The van der Waals surface area contributed by atoms with E-state index in [1.54, 1.807) is 0 Å². The van der Waals surface area contributed by atoms with Crippen molar-refractivity contribution in [3.8, 4) is 0 Å². The Balaban J connectivity index is 2.28. The number of rotatable bonds is 4. The zero-order chi connectivity index (χ0) is 13.2. The van der Waals surface area contributed by atoms with Crippen LogP contribution in [0.25, 0.3) is 5.65 Å². The molecule has 2 heterocycles. The van der Waals surface area contributed by atoms with Gasteiger partial charge in [0.05, 0.1) is 6.61 Å². The van der Waals surface area contributed by atoms with Crippen LogP contribution < -0.4 is 4.90 Å². The molecule has 0 atom stereocenters. The molecule has 7 nitrogen and oxygen atoms in total. The van der Waals surface area contributed by atoms with Gasteiger partial charge in [0.2, 0.25) is 0 Å². The van der Waals surface area contributed by atoms with E-state index in [1.807, 2.05) is 0 Å². The SMILES string of the molecule is OCCN(CC(F)(F)F)c1ccc2nnnn2n1. The molecule has 10 heteroatoms. The van der Waals surface area contributed by atoms with E-state index in [-0.39, 0.29) is 12.4 Å². The number of tetrazole rings is 1. The molecule has 0 aromatic carbocycles. The average Bonchev–Trinajstić information content (AvgIpc) is 2.73. The van der Waals surface area contributed by atoms with E-state index < -0.39 is 19.3 Å². The van der Waals surface area contributed by atoms with Crippen molar-refractivity contribution >= 4 is 11.5 Å². The zero-order valence-corrected chi connectivity index (χ0v) is 9.04. The Morgan fingerprint density at radius 1 is 1.33 bits per heavy atom. The number of alkyl halides is 3. The molecule has 0 radical (unpaired) electrons. The maximum atomic E-state index is 12.4. The van der Waals surface area contributed by atoms with Crippen molar-refractivity contribution < 1.29 is 18.3 Å². The van der Waals surface area contributed by atoms with Crippen molar-refractivity contribution in [1.82, 2.24) is 25.3 Å². The van der Waals surface area contributed by atoms with Crippen LogP contribution in [0.1, 0.15) is 0 Å². The van der Waals surface area contributed by atoms with Crippen LogP contribution >= 0.6 is 0 Å². The zero-order valence-electron chi connectivity index (χ0n) is 9.04. The van der Waals surface area contributed by atoms with Crippen LogP contribution in [-0.2, 0) is 0 Å². The topological polar surface area (TPSA) is 79.4 Å². The van der Waals surface area contributed by atoms with Crippen LogP contribution in [0.4, 0.5) is 19.0 Å². The van der Waals surface area contributed by atoms with Crippen molar-refractivity contribution in [3.05, 3.63) is 12.1 Å². The number of aliphatic hydroxyl groups excluding tert-OH is 1. The number of hydrogen-bond donors (Lipinski definition) is 1. The monoisotopic (exact) mass is 262 g/mol. The summed E-state index contributed by atoms with van der Waals surface area (Å²) in [7, 11) is 0. The van der Waals surface area contributed by atoms with Gasteiger partial charge in [-0.05, 0) is 22.6 Å². The van der Waals surface area contributed by atoms with Gasteiger partial charge in [-0.2, -0.15) is 13.2 Å².